The highest BCUT2D eigenvalue weighted by Gasteiger charge is 2.29. The molecule has 2 heterocycles. The second kappa shape index (κ2) is 5.14. The van der Waals surface area contributed by atoms with Gasteiger partial charge in [0.15, 0.2) is 0 Å². The van der Waals surface area contributed by atoms with Crippen LogP contribution in [0.15, 0.2) is 18.2 Å². The number of nitrogens with one attached hydrogen (secondary N) is 1. The maximum atomic E-state index is 6.27. The Morgan fingerprint density at radius 3 is 2.89 bits per heavy atom. The number of thioether (sulfide) groups is 1. The summed E-state index contributed by atoms with van der Waals surface area (Å²) >= 11 is 2.04. The zero-order valence-electron chi connectivity index (χ0n) is 11.0. The Morgan fingerprint density at radius 1 is 1.22 bits per heavy atom. The van der Waals surface area contributed by atoms with E-state index in [0.717, 1.165) is 38.1 Å². The van der Waals surface area contributed by atoms with Crippen molar-refractivity contribution in [3.05, 3.63) is 29.3 Å². The van der Waals surface area contributed by atoms with Gasteiger partial charge in [0.1, 0.15) is 11.4 Å². The molecular weight excluding hydrogens is 242 g/mol. The molecule has 0 unspecified atom stereocenters. The molecule has 0 atom stereocenters. The fourth-order valence-corrected chi connectivity index (χ4v) is 4.07. The molecule has 0 aliphatic carbocycles. The SMILES string of the molecule is CC1(Oc2ccc3c(c2)CNCC3)CCSCC1. The van der Waals surface area contributed by atoms with Gasteiger partial charge in [-0.15, -0.1) is 0 Å². The highest BCUT2D eigenvalue weighted by atomic mass is 32.2. The lowest BCUT2D eigenvalue weighted by Crippen LogP contribution is -2.36. The zero-order valence-corrected chi connectivity index (χ0v) is 11.8. The van der Waals surface area contributed by atoms with E-state index in [9.17, 15) is 0 Å². The lowest BCUT2D eigenvalue weighted by atomic mass is 9.98. The molecule has 2 aliphatic rings. The quantitative estimate of drug-likeness (QED) is 0.886. The summed E-state index contributed by atoms with van der Waals surface area (Å²) in [6.07, 6.45) is 3.46. The molecule has 0 aromatic heterocycles. The predicted octanol–water partition coefficient (Wildman–Crippen LogP) is 3.00. The third-order valence-electron chi connectivity index (χ3n) is 3.98. The summed E-state index contributed by atoms with van der Waals surface area (Å²) in [6.45, 7) is 4.34. The standard InChI is InChI=1S/C15H21NOS/c1-15(5-8-18-9-6-15)17-14-3-2-12-4-7-16-11-13(12)10-14/h2-3,10,16H,4-9,11H2,1H3. The zero-order chi connectivity index (χ0) is 12.4. The van der Waals surface area contributed by atoms with Gasteiger partial charge in [-0.05, 0) is 67.5 Å². The normalized spacial score (nSPS) is 22.3. The van der Waals surface area contributed by atoms with Gasteiger partial charge >= 0.3 is 0 Å². The highest BCUT2D eigenvalue weighted by Crippen LogP contribution is 2.32. The van der Waals surface area contributed by atoms with Crippen molar-refractivity contribution >= 4 is 11.8 Å². The van der Waals surface area contributed by atoms with E-state index in [1.54, 1.807) is 0 Å². The molecule has 1 saturated heterocycles. The van der Waals surface area contributed by atoms with Gasteiger partial charge in [-0.2, -0.15) is 11.8 Å². The number of ether oxygens (including phenoxy) is 1. The second-order valence-electron chi connectivity index (χ2n) is 5.52. The van der Waals surface area contributed by atoms with Gasteiger partial charge in [-0.3, -0.25) is 0 Å². The topological polar surface area (TPSA) is 21.3 Å². The van der Waals surface area contributed by atoms with Crippen molar-refractivity contribution in [3.8, 4) is 5.75 Å². The Labute approximate surface area is 113 Å². The molecule has 2 aliphatic heterocycles. The van der Waals surface area contributed by atoms with Crippen LogP contribution in [0, 0.1) is 0 Å². The molecule has 3 heteroatoms. The van der Waals surface area contributed by atoms with E-state index in [1.165, 1.54) is 22.6 Å². The summed E-state index contributed by atoms with van der Waals surface area (Å²) in [5.74, 6) is 3.50. The summed E-state index contributed by atoms with van der Waals surface area (Å²) in [5, 5.41) is 3.42. The van der Waals surface area contributed by atoms with Gasteiger partial charge in [-0.25, -0.2) is 0 Å². The summed E-state index contributed by atoms with van der Waals surface area (Å²) in [6, 6.07) is 6.62. The highest BCUT2D eigenvalue weighted by molar-refractivity contribution is 7.99. The Bertz CT molecular complexity index is 427. The van der Waals surface area contributed by atoms with Crippen LogP contribution in [0.5, 0.6) is 5.75 Å². The minimum Gasteiger partial charge on any atom is -0.488 e. The van der Waals surface area contributed by atoms with Crippen LogP contribution in [-0.2, 0) is 13.0 Å². The maximum absolute atomic E-state index is 6.27. The Kier molecular flexibility index (Phi) is 3.53. The number of benzene rings is 1. The van der Waals surface area contributed by atoms with E-state index in [4.69, 9.17) is 4.74 Å². The molecule has 0 saturated carbocycles. The number of hydrogen-bond donors (Lipinski definition) is 1. The summed E-state index contributed by atoms with van der Waals surface area (Å²) in [4.78, 5) is 0. The van der Waals surface area contributed by atoms with Crippen LogP contribution in [0.25, 0.3) is 0 Å². The molecular formula is C15H21NOS. The molecule has 2 nitrogen and oxygen atoms in total. The minimum absolute atomic E-state index is 0.0432. The molecule has 1 fully saturated rings. The van der Waals surface area contributed by atoms with E-state index in [-0.39, 0.29) is 5.60 Å². The van der Waals surface area contributed by atoms with Gasteiger partial charge in [-0.1, -0.05) is 6.07 Å². The molecule has 0 bridgehead atoms. The average molecular weight is 263 g/mol. The van der Waals surface area contributed by atoms with E-state index in [0.29, 0.717) is 0 Å². The molecule has 1 aromatic carbocycles. The van der Waals surface area contributed by atoms with E-state index in [1.807, 2.05) is 11.8 Å². The van der Waals surface area contributed by atoms with Gasteiger partial charge < -0.3 is 10.1 Å². The first-order valence-corrected chi connectivity index (χ1v) is 8.00. The summed E-state index contributed by atoms with van der Waals surface area (Å²) in [7, 11) is 0. The molecule has 3 rings (SSSR count). The lowest BCUT2D eigenvalue weighted by Gasteiger charge is -2.34. The summed E-state index contributed by atoms with van der Waals surface area (Å²) < 4.78 is 6.27. The van der Waals surface area contributed by atoms with Crippen LogP contribution in [0.4, 0.5) is 0 Å². The van der Waals surface area contributed by atoms with E-state index >= 15 is 0 Å². The van der Waals surface area contributed by atoms with Crippen molar-refractivity contribution in [1.82, 2.24) is 5.32 Å². The molecule has 1 N–H and O–H groups in total. The predicted molar refractivity (Wildman–Crippen MR) is 77.4 cm³/mol. The van der Waals surface area contributed by atoms with Crippen LogP contribution in [-0.4, -0.2) is 23.7 Å². The monoisotopic (exact) mass is 263 g/mol. The first-order chi connectivity index (χ1) is 8.75. The van der Waals surface area contributed by atoms with Crippen molar-refractivity contribution in [2.75, 3.05) is 18.1 Å². The molecule has 18 heavy (non-hydrogen) atoms. The van der Waals surface area contributed by atoms with Crippen molar-refractivity contribution < 1.29 is 4.74 Å². The van der Waals surface area contributed by atoms with Gasteiger partial charge in [0.25, 0.3) is 0 Å². The molecule has 0 amide bonds. The van der Waals surface area contributed by atoms with Crippen molar-refractivity contribution in [3.63, 3.8) is 0 Å². The molecule has 0 spiro atoms. The van der Waals surface area contributed by atoms with Crippen molar-refractivity contribution in [1.29, 1.82) is 0 Å². The van der Waals surface area contributed by atoms with Gasteiger partial charge in [0.2, 0.25) is 0 Å². The Morgan fingerprint density at radius 2 is 2.06 bits per heavy atom. The third kappa shape index (κ3) is 2.67. The van der Waals surface area contributed by atoms with E-state index in [2.05, 4.69) is 30.4 Å². The van der Waals surface area contributed by atoms with Crippen LogP contribution < -0.4 is 10.1 Å². The first-order valence-electron chi connectivity index (χ1n) is 6.84. The van der Waals surface area contributed by atoms with Crippen molar-refractivity contribution in [2.45, 2.75) is 38.3 Å². The molecule has 1 aromatic rings. The van der Waals surface area contributed by atoms with Crippen LogP contribution >= 0.6 is 11.8 Å². The Hall–Kier alpha value is -0.670. The lowest BCUT2D eigenvalue weighted by molar-refractivity contribution is 0.0798. The molecule has 0 radical (unpaired) electrons. The van der Waals surface area contributed by atoms with Gasteiger partial charge in [0, 0.05) is 6.54 Å². The number of rotatable bonds is 2. The maximum Gasteiger partial charge on any atom is 0.120 e. The van der Waals surface area contributed by atoms with Crippen molar-refractivity contribution in [2.24, 2.45) is 0 Å². The number of hydrogen-bond acceptors (Lipinski definition) is 3. The average Bonchev–Trinajstić information content (AvgIpc) is 2.39. The fraction of sp³-hybridized carbons (Fsp3) is 0.600. The van der Waals surface area contributed by atoms with Crippen LogP contribution in [0.2, 0.25) is 0 Å². The van der Waals surface area contributed by atoms with E-state index < -0.39 is 0 Å². The molecule has 98 valence electrons. The first kappa shape index (κ1) is 12.4. The van der Waals surface area contributed by atoms with Crippen LogP contribution in [0.1, 0.15) is 30.9 Å². The summed E-state index contributed by atoms with van der Waals surface area (Å²) in [5.41, 5.74) is 2.93. The third-order valence-corrected chi connectivity index (χ3v) is 4.96. The minimum atomic E-state index is 0.0432. The van der Waals surface area contributed by atoms with Gasteiger partial charge in [0.05, 0.1) is 0 Å². The smallest absolute Gasteiger partial charge is 0.120 e. The van der Waals surface area contributed by atoms with Crippen LogP contribution in [0.3, 0.4) is 0 Å². The Balaban J connectivity index is 1.76. The number of fused-ring (bicyclic) bond motifs is 1. The second-order valence-corrected chi connectivity index (χ2v) is 6.75. The largest absolute Gasteiger partial charge is 0.488 e. The fourth-order valence-electron chi connectivity index (χ4n) is 2.71.